The summed E-state index contributed by atoms with van der Waals surface area (Å²) in [7, 11) is 0. The first-order chi connectivity index (χ1) is 5.69. The predicted octanol–water partition coefficient (Wildman–Crippen LogP) is 3.08. The lowest BCUT2D eigenvalue weighted by atomic mass is 9.98. The van der Waals surface area contributed by atoms with E-state index in [2.05, 4.69) is 9.02 Å². The molecule has 12 heavy (non-hydrogen) atoms. The number of nitrogens with zero attached hydrogens (tertiary/aromatic N) is 2. The largest absolute Gasteiger partial charge is 0.178 e. The summed E-state index contributed by atoms with van der Waals surface area (Å²) in [4.78, 5) is 0. The van der Waals surface area contributed by atoms with Crippen molar-refractivity contribution in [1.29, 1.82) is 0 Å². The second kappa shape index (κ2) is 3.87. The van der Waals surface area contributed by atoms with Crippen LogP contribution in [0, 0.1) is 0 Å². The first-order valence-corrected chi connectivity index (χ1v) is 4.12. The summed E-state index contributed by atoms with van der Waals surface area (Å²) in [6.07, 6.45) is 3.70. The number of hydrogen-bond acceptors (Lipinski definition) is 2. The van der Waals surface area contributed by atoms with Gasteiger partial charge < -0.3 is 0 Å². The molecule has 0 N–H and O–H groups in total. The average Bonchev–Trinajstić information content (AvgIpc) is 2.08. The Morgan fingerprint density at radius 1 is 0.917 bits per heavy atom. The van der Waals surface area contributed by atoms with Crippen LogP contribution in [0.3, 0.4) is 0 Å². The van der Waals surface area contributed by atoms with Crippen molar-refractivity contribution in [1.82, 2.24) is 0 Å². The van der Waals surface area contributed by atoms with E-state index in [0.29, 0.717) is 0 Å². The van der Waals surface area contributed by atoms with E-state index in [1.54, 1.807) is 0 Å². The van der Waals surface area contributed by atoms with Crippen LogP contribution < -0.4 is 0 Å². The van der Waals surface area contributed by atoms with Gasteiger partial charge in [-0.05, 0) is 37.1 Å². The molecule has 0 heterocycles. The zero-order valence-electron chi connectivity index (χ0n) is 6.81. The summed E-state index contributed by atoms with van der Waals surface area (Å²) in [5.41, 5.74) is 3.46. The normalized spacial score (nSPS) is 24.3. The first kappa shape index (κ1) is 9.49. The molecule has 0 unspecified atom stereocenters. The highest BCUT2D eigenvalue weighted by atomic mass is 35.5. The maximum atomic E-state index is 5.36. The molecule has 4 heteroatoms. The van der Waals surface area contributed by atoms with Crippen molar-refractivity contribution in [3.63, 3.8) is 0 Å². The van der Waals surface area contributed by atoms with Gasteiger partial charge in [0.25, 0.3) is 0 Å². The number of rotatable bonds is 0. The molecule has 0 aromatic heterocycles. The van der Waals surface area contributed by atoms with Gasteiger partial charge in [0.15, 0.2) is 0 Å². The summed E-state index contributed by atoms with van der Waals surface area (Å²) in [5.74, 6) is 0. The molecule has 0 saturated heterocycles. The fourth-order valence-electron chi connectivity index (χ4n) is 0.968. The Morgan fingerprint density at radius 2 is 1.25 bits per heavy atom. The van der Waals surface area contributed by atoms with Crippen molar-refractivity contribution in [2.75, 3.05) is 0 Å². The van der Waals surface area contributed by atoms with E-state index in [1.165, 1.54) is 0 Å². The van der Waals surface area contributed by atoms with E-state index < -0.39 is 0 Å². The van der Waals surface area contributed by atoms with Crippen molar-refractivity contribution >= 4 is 35.0 Å². The van der Waals surface area contributed by atoms with Crippen LogP contribution in [0.2, 0.25) is 0 Å². The third kappa shape index (κ3) is 1.76. The second-order valence-corrected chi connectivity index (χ2v) is 2.93. The lowest BCUT2D eigenvalue weighted by molar-refractivity contribution is 1.49. The van der Waals surface area contributed by atoms with Crippen molar-refractivity contribution in [2.24, 2.45) is 9.02 Å². The maximum absolute atomic E-state index is 5.36. The molecule has 1 aliphatic rings. The van der Waals surface area contributed by atoms with Gasteiger partial charge in [0.1, 0.15) is 0 Å². The monoisotopic (exact) mass is 202 g/mol. The molecule has 0 aromatic rings. The summed E-state index contributed by atoms with van der Waals surface area (Å²) in [6.45, 7) is 3.82. The third-order valence-corrected chi connectivity index (χ3v) is 2.06. The number of hydrogen-bond donors (Lipinski definition) is 0. The van der Waals surface area contributed by atoms with Crippen molar-refractivity contribution in [3.8, 4) is 0 Å². The minimum Gasteiger partial charge on any atom is -0.178 e. The lowest BCUT2D eigenvalue weighted by Crippen LogP contribution is -2.09. The Hall–Kier alpha value is -0.600. The van der Waals surface area contributed by atoms with E-state index in [4.69, 9.17) is 23.6 Å². The third-order valence-electron chi connectivity index (χ3n) is 1.70. The molecule has 0 bridgehead atoms. The van der Waals surface area contributed by atoms with E-state index in [-0.39, 0.29) is 0 Å². The van der Waals surface area contributed by atoms with Crippen molar-refractivity contribution in [3.05, 3.63) is 23.3 Å². The Bertz CT molecular complexity index is 279. The minimum absolute atomic E-state index is 0.762. The standard InChI is InChI=1S/C8H8Cl2N2/c1-5-3-8(12-10)6(2)4-7(5)11-9/h3-4H,1-2H3/b11-7-,12-8+. The fraction of sp³-hybridized carbons (Fsp3) is 0.250. The molecule has 0 spiro atoms. The van der Waals surface area contributed by atoms with Gasteiger partial charge in [0.05, 0.1) is 11.4 Å². The molecular weight excluding hydrogens is 195 g/mol. The van der Waals surface area contributed by atoms with Gasteiger partial charge >= 0.3 is 0 Å². The number of halogens is 2. The summed E-state index contributed by atoms with van der Waals surface area (Å²) < 4.78 is 7.19. The van der Waals surface area contributed by atoms with Gasteiger partial charge in [-0.1, -0.05) is 0 Å². The van der Waals surface area contributed by atoms with E-state index in [1.807, 2.05) is 26.0 Å². The topological polar surface area (TPSA) is 24.7 Å². The van der Waals surface area contributed by atoms with Crippen LogP contribution in [-0.2, 0) is 0 Å². The van der Waals surface area contributed by atoms with E-state index in [9.17, 15) is 0 Å². The highest BCUT2D eigenvalue weighted by Crippen LogP contribution is 2.14. The van der Waals surface area contributed by atoms with Gasteiger partial charge in [-0.15, -0.1) is 0 Å². The van der Waals surface area contributed by atoms with Gasteiger partial charge in [-0.2, -0.15) is 9.02 Å². The van der Waals surface area contributed by atoms with E-state index >= 15 is 0 Å². The van der Waals surface area contributed by atoms with Gasteiger partial charge in [-0.3, -0.25) is 0 Å². The Morgan fingerprint density at radius 3 is 1.50 bits per heavy atom. The van der Waals surface area contributed by atoms with Crippen LogP contribution >= 0.6 is 23.6 Å². The van der Waals surface area contributed by atoms with Crippen LogP contribution in [0.5, 0.6) is 0 Å². The molecule has 0 atom stereocenters. The molecule has 0 saturated carbocycles. The highest BCUT2D eigenvalue weighted by molar-refractivity contribution is 6.32. The minimum atomic E-state index is 0.762. The SMILES string of the molecule is CC1=CC(=N\Cl)/C(C)=CC/1=N/Cl. The lowest BCUT2D eigenvalue weighted by Gasteiger charge is -2.09. The molecule has 64 valence electrons. The van der Waals surface area contributed by atoms with Crippen molar-refractivity contribution < 1.29 is 0 Å². The Labute approximate surface area is 81.5 Å². The average molecular weight is 203 g/mol. The molecule has 2 nitrogen and oxygen atoms in total. The fourth-order valence-corrected chi connectivity index (χ4v) is 1.33. The van der Waals surface area contributed by atoms with Crippen LogP contribution in [0.1, 0.15) is 13.8 Å². The van der Waals surface area contributed by atoms with Crippen LogP contribution in [0.25, 0.3) is 0 Å². The van der Waals surface area contributed by atoms with Crippen LogP contribution in [0.4, 0.5) is 0 Å². The maximum Gasteiger partial charge on any atom is 0.0810 e. The van der Waals surface area contributed by atoms with Gasteiger partial charge in [0, 0.05) is 23.6 Å². The molecule has 0 radical (unpaired) electrons. The van der Waals surface area contributed by atoms with Crippen LogP contribution in [0.15, 0.2) is 32.3 Å². The molecule has 1 aliphatic carbocycles. The molecule has 0 aromatic carbocycles. The van der Waals surface area contributed by atoms with Crippen LogP contribution in [-0.4, -0.2) is 11.4 Å². The highest BCUT2D eigenvalue weighted by Gasteiger charge is 2.10. The smallest absolute Gasteiger partial charge is 0.0810 e. The second-order valence-electron chi connectivity index (χ2n) is 2.59. The molecule has 0 fully saturated rings. The Kier molecular flexibility index (Phi) is 3.06. The first-order valence-electron chi connectivity index (χ1n) is 3.44. The van der Waals surface area contributed by atoms with Gasteiger partial charge in [-0.25, -0.2) is 0 Å². The molecule has 1 rings (SSSR count). The van der Waals surface area contributed by atoms with E-state index in [0.717, 1.165) is 22.6 Å². The number of allylic oxidation sites excluding steroid dienone is 4. The Balaban J connectivity index is 3.11. The zero-order valence-corrected chi connectivity index (χ0v) is 8.32. The molecule has 0 aliphatic heterocycles. The zero-order chi connectivity index (χ0) is 9.14. The summed E-state index contributed by atoms with van der Waals surface area (Å²) in [6, 6.07) is 0. The predicted molar refractivity (Wildman–Crippen MR) is 54.1 cm³/mol. The van der Waals surface area contributed by atoms with Gasteiger partial charge in [0.2, 0.25) is 0 Å². The molecular formula is C8H8Cl2N2. The molecule has 0 amide bonds. The van der Waals surface area contributed by atoms with Crippen molar-refractivity contribution in [2.45, 2.75) is 13.8 Å². The summed E-state index contributed by atoms with van der Waals surface area (Å²) in [5, 5.41) is 0. The quantitative estimate of drug-likeness (QED) is 0.540. The summed E-state index contributed by atoms with van der Waals surface area (Å²) >= 11 is 10.7.